The molecule has 3 N–H and O–H groups in total. The van der Waals surface area contributed by atoms with Crippen molar-refractivity contribution in [1.82, 2.24) is 14.9 Å². The molecule has 2 rings (SSSR count). The Bertz CT molecular complexity index is 896. The number of hydrogen-bond acceptors (Lipinski definition) is 4. The molecule has 0 bridgehead atoms. The second kappa shape index (κ2) is 6.69. The largest absolute Gasteiger partial charge is 0.480 e. The summed E-state index contributed by atoms with van der Waals surface area (Å²) in [7, 11) is 0. The van der Waals surface area contributed by atoms with Crippen molar-refractivity contribution in [2.45, 2.75) is 32.9 Å². The number of carboxylic acids is 1. The van der Waals surface area contributed by atoms with Crippen molar-refractivity contribution in [3.63, 3.8) is 0 Å². The van der Waals surface area contributed by atoms with Crippen LogP contribution < -0.4 is 16.6 Å². The molecule has 0 unspecified atom stereocenters. The summed E-state index contributed by atoms with van der Waals surface area (Å²) < 4.78 is 0.844. The zero-order valence-electron chi connectivity index (χ0n) is 13.6. The average Bonchev–Trinajstić information content (AvgIpc) is 2.50. The molecule has 0 fully saturated rings. The van der Waals surface area contributed by atoms with Crippen molar-refractivity contribution in [3.05, 3.63) is 45.1 Å². The summed E-state index contributed by atoms with van der Waals surface area (Å²) in [4.78, 5) is 51.0. The average molecular weight is 333 g/mol. The number of carbonyl (C=O) groups is 2. The maximum atomic E-state index is 12.7. The van der Waals surface area contributed by atoms with Crippen molar-refractivity contribution >= 4 is 22.8 Å². The van der Waals surface area contributed by atoms with E-state index in [1.54, 1.807) is 38.1 Å². The zero-order chi connectivity index (χ0) is 18.0. The van der Waals surface area contributed by atoms with Crippen molar-refractivity contribution in [3.8, 4) is 0 Å². The number of nitrogens with zero attached hydrogens (tertiary/aromatic N) is 1. The number of nitrogens with one attached hydrogen (secondary N) is 2. The van der Waals surface area contributed by atoms with E-state index >= 15 is 0 Å². The Morgan fingerprint density at radius 2 is 1.79 bits per heavy atom. The lowest BCUT2D eigenvalue weighted by molar-refractivity contribution is -0.142. The van der Waals surface area contributed by atoms with Crippen molar-refractivity contribution in [2.75, 3.05) is 0 Å². The second-order valence-corrected chi connectivity index (χ2v) is 5.91. The van der Waals surface area contributed by atoms with Crippen molar-refractivity contribution in [1.29, 1.82) is 0 Å². The summed E-state index contributed by atoms with van der Waals surface area (Å²) in [6, 6.07) is 4.24. The van der Waals surface area contributed by atoms with Crippen LogP contribution in [0.3, 0.4) is 0 Å². The van der Waals surface area contributed by atoms with E-state index in [1.165, 1.54) is 6.92 Å². The number of rotatable bonds is 5. The van der Waals surface area contributed by atoms with E-state index in [0.717, 1.165) is 4.57 Å². The summed E-state index contributed by atoms with van der Waals surface area (Å²) in [5, 5.41) is 11.5. The first-order valence-electron chi connectivity index (χ1n) is 7.50. The van der Waals surface area contributed by atoms with Gasteiger partial charge in [0.1, 0.15) is 12.1 Å². The number of H-pyrrole nitrogens is 1. The molecule has 0 saturated heterocycles. The third-order valence-corrected chi connectivity index (χ3v) is 3.74. The molecule has 0 aliphatic rings. The molecule has 2 atom stereocenters. The highest BCUT2D eigenvalue weighted by atomic mass is 16.4. The summed E-state index contributed by atoms with van der Waals surface area (Å²) >= 11 is 0. The molecular formula is C16H19N3O5. The van der Waals surface area contributed by atoms with Crippen LogP contribution in [0.5, 0.6) is 0 Å². The Balaban J connectivity index is 2.59. The number of aromatic amines is 1. The van der Waals surface area contributed by atoms with Crippen LogP contribution in [-0.2, 0) is 9.59 Å². The van der Waals surface area contributed by atoms with Crippen LogP contribution in [0.1, 0.15) is 26.8 Å². The van der Waals surface area contributed by atoms with Gasteiger partial charge in [0.25, 0.3) is 5.56 Å². The fraction of sp³-hybridized carbons (Fsp3) is 0.375. The molecule has 1 heterocycles. The quantitative estimate of drug-likeness (QED) is 0.734. The Hall–Kier alpha value is -2.90. The minimum absolute atomic E-state index is 0.279. The lowest BCUT2D eigenvalue weighted by atomic mass is 10.0. The number of amides is 1. The van der Waals surface area contributed by atoms with Crippen molar-refractivity contribution < 1.29 is 14.7 Å². The van der Waals surface area contributed by atoms with E-state index in [0.29, 0.717) is 5.52 Å². The third kappa shape index (κ3) is 3.22. The SMILES string of the molecule is CC(C)[C@@H](C(=O)N[C@@H](C)C(=O)O)n1c(=O)[nH]c2ccccc2c1=O. The zero-order valence-corrected chi connectivity index (χ0v) is 13.6. The number of fused-ring (bicyclic) bond motifs is 1. The van der Waals surface area contributed by atoms with Crippen LogP contribution >= 0.6 is 0 Å². The van der Waals surface area contributed by atoms with Gasteiger partial charge in [0.05, 0.1) is 10.9 Å². The van der Waals surface area contributed by atoms with Gasteiger partial charge in [-0.2, -0.15) is 0 Å². The normalized spacial score (nSPS) is 13.7. The van der Waals surface area contributed by atoms with E-state index in [4.69, 9.17) is 5.11 Å². The van der Waals surface area contributed by atoms with Gasteiger partial charge < -0.3 is 15.4 Å². The fourth-order valence-corrected chi connectivity index (χ4v) is 2.51. The molecule has 1 aromatic heterocycles. The second-order valence-electron chi connectivity index (χ2n) is 5.91. The number of carbonyl (C=O) groups excluding carboxylic acids is 1. The predicted octanol–water partition coefficient (Wildman–Crippen LogP) is 0.476. The van der Waals surface area contributed by atoms with Crippen LogP contribution in [0.4, 0.5) is 0 Å². The molecule has 1 aromatic carbocycles. The molecule has 0 spiro atoms. The maximum Gasteiger partial charge on any atom is 0.329 e. The van der Waals surface area contributed by atoms with E-state index in [1.807, 2.05) is 0 Å². The van der Waals surface area contributed by atoms with E-state index in [9.17, 15) is 19.2 Å². The van der Waals surface area contributed by atoms with E-state index in [-0.39, 0.29) is 5.39 Å². The van der Waals surface area contributed by atoms with Gasteiger partial charge in [-0.25, -0.2) is 9.36 Å². The lowest BCUT2D eigenvalue weighted by Crippen LogP contribution is -2.49. The molecule has 0 saturated carbocycles. The number of carboxylic acid groups (broad SMARTS) is 1. The Kier molecular flexibility index (Phi) is 4.87. The highest BCUT2D eigenvalue weighted by Crippen LogP contribution is 2.16. The fourth-order valence-electron chi connectivity index (χ4n) is 2.51. The number of benzene rings is 1. The van der Waals surface area contributed by atoms with Crippen LogP contribution in [-0.4, -0.2) is 32.6 Å². The first kappa shape index (κ1) is 17.5. The van der Waals surface area contributed by atoms with Gasteiger partial charge in [-0.3, -0.25) is 14.4 Å². The number of aliphatic carboxylic acids is 1. The van der Waals surface area contributed by atoms with Crippen LogP contribution in [0.15, 0.2) is 33.9 Å². The Labute approximate surface area is 137 Å². The van der Waals surface area contributed by atoms with E-state index in [2.05, 4.69) is 10.3 Å². The number of hydrogen-bond donors (Lipinski definition) is 3. The first-order valence-corrected chi connectivity index (χ1v) is 7.50. The predicted molar refractivity (Wildman–Crippen MR) is 87.9 cm³/mol. The molecular weight excluding hydrogens is 314 g/mol. The molecule has 8 nitrogen and oxygen atoms in total. The number of para-hydroxylation sites is 1. The summed E-state index contributed by atoms with van der Waals surface area (Å²) in [6.45, 7) is 4.67. The van der Waals surface area contributed by atoms with Gasteiger partial charge in [0, 0.05) is 0 Å². The van der Waals surface area contributed by atoms with Gasteiger partial charge in [0.15, 0.2) is 0 Å². The summed E-state index contributed by atoms with van der Waals surface area (Å²) in [5.74, 6) is -2.29. The van der Waals surface area contributed by atoms with Crippen LogP contribution in [0.2, 0.25) is 0 Å². The topological polar surface area (TPSA) is 121 Å². The molecule has 24 heavy (non-hydrogen) atoms. The molecule has 0 radical (unpaired) electrons. The Morgan fingerprint density at radius 1 is 1.17 bits per heavy atom. The molecule has 2 aromatic rings. The maximum absolute atomic E-state index is 12.7. The minimum atomic E-state index is -1.20. The van der Waals surface area contributed by atoms with Gasteiger partial charge in [-0.15, -0.1) is 0 Å². The molecule has 1 amide bonds. The minimum Gasteiger partial charge on any atom is -0.480 e. The summed E-state index contributed by atoms with van der Waals surface area (Å²) in [6.07, 6.45) is 0. The first-order chi connectivity index (χ1) is 11.2. The lowest BCUT2D eigenvalue weighted by Gasteiger charge is -2.23. The smallest absolute Gasteiger partial charge is 0.329 e. The van der Waals surface area contributed by atoms with Gasteiger partial charge >= 0.3 is 11.7 Å². The number of aromatic nitrogens is 2. The van der Waals surface area contributed by atoms with E-state index < -0.39 is 41.1 Å². The standard InChI is InChI=1S/C16H19N3O5/c1-8(2)12(13(20)17-9(3)15(22)23)19-14(21)10-6-4-5-7-11(10)18-16(19)24/h4-9,12H,1-3H3,(H,17,20)(H,18,24)(H,22,23)/t9-,12-/m0/s1. The highest BCUT2D eigenvalue weighted by Gasteiger charge is 2.29. The summed E-state index contributed by atoms with van der Waals surface area (Å²) in [5.41, 5.74) is -0.924. The molecule has 0 aliphatic heterocycles. The van der Waals surface area contributed by atoms with Gasteiger partial charge in [-0.05, 0) is 25.0 Å². The Morgan fingerprint density at radius 3 is 2.38 bits per heavy atom. The third-order valence-electron chi connectivity index (χ3n) is 3.74. The van der Waals surface area contributed by atoms with Crippen LogP contribution in [0.25, 0.3) is 10.9 Å². The van der Waals surface area contributed by atoms with Gasteiger partial charge in [0.2, 0.25) is 5.91 Å². The van der Waals surface area contributed by atoms with Gasteiger partial charge in [-0.1, -0.05) is 26.0 Å². The molecule has 8 heteroatoms. The highest BCUT2D eigenvalue weighted by molar-refractivity contribution is 5.86. The van der Waals surface area contributed by atoms with Crippen molar-refractivity contribution in [2.24, 2.45) is 5.92 Å². The molecule has 0 aliphatic carbocycles. The monoisotopic (exact) mass is 333 g/mol. The van der Waals surface area contributed by atoms with Crippen LogP contribution in [0, 0.1) is 5.92 Å². The molecule has 128 valence electrons.